The van der Waals surface area contributed by atoms with Gasteiger partial charge in [-0.3, -0.25) is 4.79 Å². The maximum absolute atomic E-state index is 12.6. The second kappa shape index (κ2) is 22.3. The molecule has 0 aromatic heterocycles. The lowest BCUT2D eigenvalue weighted by Gasteiger charge is -2.24. The number of aliphatic hydroxyl groups excluding tert-OH is 1. The van der Waals surface area contributed by atoms with E-state index in [1.807, 2.05) is 6.08 Å². The fourth-order valence-electron chi connectivity index (χ4n) is 5.15. The molecular formula is C31H58O4. The molecule has 1 fully saturated rings. The van der Waals surface area contributed by atoms with E-state index in [2.05, 4.69) is 20.4 Å². The number of esters is 1. The number of allylic oxidation sites excluding steroid dienone is 1. The maximum Gasteiger partial charge on any atom is 0.306 e. The van der Waals surface area contributed by atoms with Gasteiger partial charge < -0.3 is 14.6 Å². The summed E-state index contributed by atoms with van der Waals surface area (Å²) in [6, 6.07) is 0. The molecule has 1 saturated heterocycles. The first-order valence-electron chi connectivity index (χ1n) is 15.3. The zero-order valence-electron chi connectivity index (χ0n) is 23.3. The van der Waals surface area contributed by atoms with Gasteiger partial charge in [0.1, 0.15) is 6.10 Å². The summed E-state index contributed by atoms with van der Waals surface area (Å²) in [5.41, 5.74) is 0. The van der Waals surface area contributed by atoms with Crippen LogP contribution in [0.3, 0.4) is 0 Å². The molecule has 0 amide bonds. The zero-order valence-corrected chi connectivity index (χ0v) is 23.3. The normalized spacial score (nSPS) is 20.7. The summed E-state index contributed by atoms with van der Waals surface area (Å²) in [5, 5.41) is 10.6. The lowest BCUT2D eigenvalue weighted by molar-refractivity contribution is -0.158. The summed E-state index contributed by atoms with van der Waals surface area (Å²) >= 11 is 0. The Morgan fingerprint density at radius 3 is 2.11 bits per heavy atom. The highest BCUT2D eigenvalue weighted by atomic mass is 16.6. The molecular weight excluding hydrogens is 436 g/mol. The van der Waals surface area contributed by atoms with Crippen molar-refractivity contribution in [3.63, 3.8) is 0 Å². The van der Waals surface area contributed by atoms with Gasteiger partial charge in [0.05, 0.1) is 18.3 Å². The predicted octanol–water partition coefficient (Wildman–Crippen LogP) is 8.83. The van der Waals surface area contributed by atoms with E-state index < -0.39 is 6.10 Å². The van der Waals surface area contributed by atoms with Gasteiger partial charge in [-0.15, -0.1) is 6.58 Å². The van der Waals surface area contributed by atoms with E-state index in [0.717, 1.165) is 57.8 Å². The largest absolute Gasteiger partial charge is 0.460 e. The molecule has 0 aromatic carbocycles. The van der Waals surface area contributed by atoms with Gasteiger partial charge in [0, 0.05) is 12.8 Å². The van der Waals surface area contributed by atoms with Gasteiger partial charge in [0.25, 0.3) is 0 Å². The molecule has 1 rings (SSSR count). The Morgan fingerprint density at radius 1 is 0.886 bits per heavy atom. The average molecular weight is 495 g/mol. The molecule has 1 aliphatic heterocycles. The van der Waals surface area contributed by atoms with Gasteiger partial charge in [-0.2, -0.15) is 0 Å². The third-order valence-corrected chi connectivity index (χ3v) is 7.42. The minimum atomic E-state index is -0.436. The molecule has 206 valence electrons. The first-order chi connectivity index (χ1) is 17.1. The van der Waals surface area contributed by atoms with Crippen molar-refractivity contribution in [1.29, 1.82) is 0 Å². The summed E-state index contributed by atoms with van der Waals surface area (Å²) in [5.74, 6) is -0.0866. The minimum absolute atomic E-state index is 0.0866. The predicted molar refractivity (Wildman–Crippen MR) is 148 cm³/mol. The number of ether oxygens (including phenoxy) is 2. The fraction of sp³-hybridized carbons (Fsp3) is 0.903. The van der Waals surface area contributed by atoms with Crippen LogP contribution < -0.4 is 0 Å². The smallest absolute Gasteiger partial charge is 0.306 e. The van der Waals surface area contributed by atoms with Crippen LogP contribution in [0.5, 0.6) is 0 Å². The van der Waals surface area contributed by atoms with Crippen molar-refractivity contribution in [2.45, 2.75) is 180 Å². The van der Waals surface area contributed by atoms with Crippen LogP contribution in [0.4, 0.5) is 0 Å². The molecule has 1 N–H and O–H groups in total. The Bertz CT molecular complexity index is 506. The van der Waals surface area contributed by atoms with Crippen LogP contribution in [0.25, 0.3) is 0 Å². The van der Waals surface area contributed by atoms with Crippen LogP contribution >= 0.6 is 0 Å². The SMILES string of the molecule is C=CCCCCCCCC(OC(=O)CCCCCCCCCCC)C1CC(O)C(CCCCC)O1. The molecule has 1 heterocycles. The summed E-state index contributed by atoms with van der Waals surface area (Å²) < 4.78 is 12.2. The van der Waals surface area contributed by atoms with Gasteiger partial charge >= 0.3 is 5.97 Å². The van der Waals surface area contributed by atoms with Gasteiger partial charge in [-0.1, -0.05) is 110 Å². The molecule has 0 aliphatic carbocycles. The van der Waals surface area contributed by atoms with E-state index >= 15 is 0 Å². The van der Waals surface area contributed by atoms with Crippen LogP contribution in [0.1, 0.15) is 155 Å². The van der Waals surface area contributed by atoms with Gasteiger partial charge in [0.15, 0.2) is 0 Å². The van der Waals surface area contributed by atoms with Gasteiger partial charge in [0.2, 0.25) is 0 Å². The van der Waals surface area contributed by atoms with E-state index in [-0.39, 0.29) is 24.3 Å². The van der Waals surface area contributed by atoms with Crippen LogP contribution in [-0.2, 0) is 14.3 Å². The highest BCUT2D eigenvalue weighted by molar-refractivity contribution is 5.69. The molecule has 35 heavy (non-hydrogen) atoms. The third-order valence-electron chi connectivity index (χ3n) is 7.42. The molecule has 4 nitrogen and oxygen atoms in total. The number of carbonyl (C=O) groups is 1. The van der Waals surface area contributed by atoms with Gasteiger partial charge in [-0.05, 0) is 38.5 Å². The lowest BCUT2D eigenvalue weighted by Crippen LogP contribution is -2.32. The summed E-state index contributed by atoms with van der Waals surface area (Å²) in [7, 11) is 0. The zero-order chi connectivity index (χ0) is 25.6. The van der Waals surface area contributed by atoms with Crippen molar-refractivity contribution < 1.29 is 19.4 Å². The number of hydrogen-bond donors (Lipinski definition) is 1. The Labute approximate surface area is 217 Å². The molecule has 4 heteroatoms. The summed E-state index contributed by atoms with van der Waals surface area (Å²) in [6.45, 7) is 8.23. The van der Waals surface area contributed by atoms with E-state index in [1.54, 1.807) is 0 Å². The van der Waals surface area contributed by atoms with Crippen LogP contribution in [-0.4, -0.2) is 35.5 Å². The Morgan fingerprint density at radius 2 is 1.46 bits per heavy atom. The molecule has 0 bridgehead atoms. The second-order valence-corrected chi connectivity index (χ2v) is 10.8. The molecule has 0 radical (unpaired) electrons. The van der Waals surface area contributed by atoms with Crippen molar-refractivity contribution in [1.82, 2.24) is 0 Å². The monoisotopic (exact) mass is 494 g/mol. The Balaban J connectivity index is 2.38. The molecule has 1 aliphatic rings. The van der Waals surface area contributed by atoms with Crippen LogP contribution in [0, 0.1) is 0 Å². The first-order valence-corrected chi connectivity index (χ1v) is 15.3. The Kier molecular flexibility index (Phi) is 20.5. The Hall–Kier alpha value is -0.870. The van der Waals surface area contributed by atoms with Crippen LogP contribution in [0.2, 0.25) is 0 Å². The topological polar surface area (TPSA) is 55.8 Å². The third kappa shape index (κ3) is 16.5. The highest BCUT2D eigenvalue weighted by Crippen LogP contribution is 2.30. The van der Waals surface area contributed by atoms with Crippen LogP contribution in [0.15, 0.2) is 12.7 Å². The summed E-state index contributed by atoms with van der Waals surface area (Å²) in [4.78, 5) is 12.6. The van der Waals surface area contributed by atoms with E-state index in [0.29, 0.717) is 12.8 Å². The molecule has 0 saturated carbocycles. The number of rotatable bonds is 24. The highest BCUT2D eigenvalue weighted by Gasteiger charge is 2.39. The van der Waals surface area contributed by atoms with E-state index in [9.17, 15) is 9.90 Å². The van der Waals surface area contributed by atoms with Crippen molar-refractivity contribution in [3.05, 3.63) is 12.7 Å². The maximum atomic E-state index is 12.6. The van der Waals surface area contributed by atoms with E-state index in [1.165, 1.54) is 70.6 Å². The first kappa shape index (κ1) is 32.2. The molecule has 4 atom stereocenters. The summed E-state index contributed by atoms with van der Waals surface area (Å²) in [6.07, 6.45) is 25.4. The molecule has 4 unspecified atom stereocenters. The van der Waals surface area contributed by atoms with Crippen molar-refractivity contribution in [2.24, 2.45) is 0 Å². The van der Waals surface area contributed by atoms with E-state index in [4.69, 9.17) is 9.47 Å². The number of carbonyl (C=O) groups excluding carboxylic acids is 1. The van der Waals surface area contributed by atoms with Crippen molar-refractivity contribution in [2.75, 3.05) is 0 Å². The molecule has 0 aromatic rings. The average Bonchev–Trinajstić information content (AvgIpc) is 3.22. The standard InChI is InChI=1S/C31H58O4/c1-4-7-10-12-14-15-17-19-22-25-31(33)35-29(24-21-18-16-13-11-8-5-2)30-26-27(32)28(34-30)23-20-9-6-3/h5,27-30,32H,2,4,6-26H2,1,3H3. The quantitative estimate of drug-likeness (QED) is 0.0827. The minimum Gasteiger partial charge on any atom is -0.460 e. The van der Waals surface area contributed by atoms with Crippen molar-refractivity contribution >= 4 is 5.97 Å². The number of hydrogen-bond acceptors (Lipinski definition) is 4. The van der Waals surface area contributed by atoms with Crippen molar-refractivity contribution in [3.8, 4) is 0 Å². The second-order valence-electron chi connectivity index (χ2n) is 10.8. The number of aliphatic hydroxyl groups is 1. The molecule has 0 spiro atoms. The lowest BCUT2D eigenvalue weighted by atomic mass is 10.00. The fourth-order valence-corrected chi connectivity index (χ4v) is 5.15. The van der Waals surface area contributed by atoms with Gasteiger partial charge in [-0.25, -0.2) is 0 Å². The number of unbranched alkanes of at least 4 members (excludes halogenated alkanes) is 15.